The molecule has 0 atom stereocenters. The number of amides is 1. The molecule has 2 aromatic rings. The monoisotopic (exact) mass is 300 g/mol. The SMILES string of the molecule is Cc1ccc2c(c1C)N(CCc1scnc1C)C(=O)C2=O. The van der Waals surface area contributed by atoms with Gasteiger partial charge in [0, 0.05) is 17.8 Å². The minimum Gasteiger partial charge on any atom is -0.304 e. The summed E-state index contributed by atoms with van der Waals surface area (Å²) in [6, 6.07) is 3.66. The predicted octanol–water partition coefficient (Wildman–Crippen LogP) is 2.84. The average Bonchev–Trinajstić information content (AvgIpc) is 2.97. The standard InChI is InChI=1S/C16H16N2O2S/c1-9-4-5-12-14(10(9)2)18(16(20)15(12)19)7-6-13-11(3)17-8-21-13/h4-5,8H,6-7H2,1-3H3. The number of nitrogens with zero attached hydrogens (tertiary/aromatic N) is 2. The van der Waals surface area contributed by atoms with Gasteiger partial charge in [0.15, 0.2) is 0 Å². The third-order valence-corrected chi connectivity index (χ3v) is 5.06. The smallest absolute Gasteiger partial charge is 0.299 e. The van der Waals surface area contributed by atoms with Gasteiger partial charge in [-0.2, -0.15) is 0 Å². The van der Waals surface area contributed by atoms with Crippen LogP contribution in [-0.2, 0) is 11.2 Å². The zero-order valence-corrected chi connectivity index (χ0v) is 13.1. The summed E-state index contributed by atoms with van der Waals surface area (Å²) in [6.07, 6.45) is 0.725. The molecule has 3 rings (SSSR count). The van der Waals surface area contributed by atoms with Crippen LogP contribution >= 0.6 is 11.3 Å². The summed E-state index contributed by atoms with van der Waals surface area (Å²) in [5.41, 5.74) is 6.23. The first-order valence-corrected chi connectivity index (χ1v) is 7.74. The van der Waals surface area contributed by atoms with Gasteiger partial charge in [-0.25, -0.2) is 4.98 Å². The van der Waals surface area contributed by atoms with Gasteiger partial charge in [0.2, 0.25) is 0 Å². The molecule has 0 unspecified atom stereocenters. The third-order valence-electron chi connectivity index (χ3n) is 4.06. The number of ketones is 1. The highest BCUT2D eigenvalue weighted by Gasteiger charge is 2.36. The van der Waals surface area contributed by atoms with Crippen LogP contribution in [0.4, 0.5) is 5.69 Å². The van der Waals surface area contributed by atoms with E-state index < -0.39 is 11.7 Å². The van der Waals surface area contributed by atoms with Crippen LogP contribution in [0.15, 0.2) is 17.6 Å². The average molecular weight is 300 g/mol. The molecule has 0 saturated carbocycles. The van der Waals surface area contributed by atoms with Gasteiger partial charge in [-0.1, -0.05) is 6.07 Å². The lowest BCUT2D eigenvalue weighted by Gasteiger charge is -2.19. The van der Waals surface area contributed by atoms with Crippen LogP contribution in [0.3, 0.4) is 0 Å². The molecule has 1 aliphatic heterocycles. The maximum Gasteiger partial charge on any atom is 0.299 e. The Kier molecular flexibility index (Phi) is 3.37. The molecule has 0 fully saturated rings. The van der Waals surface area contributed by atoms with Crippen LogP contribution in [0.1, 0.15) is 32.1 Å². The molecule has 1 aliphatic rings. The number of anilines is 1. The van der Waals surface area contributed by atoms with Crippen LogP contribution < -0.4 is 4.90 Å². The van der Waals surface area contributed by atoms with Crippen molar-refractivity contribution in [3.63, 3.8) is 0 Å². The van der Waals surface area contributed by atoms with Crippen molar-refractivity contribution in [1.82, 2.24) is 4.98 Å². The Morgan fingerprint density at radius 2 is 1.95 bits per heavy atom. The minimum atomic E-state index is -0.416. The molecule has 0 saturated heterocycles. The lowest BCUT2D eigenvalue weighted by atomic mass is 10.0. The van der Waals surface area contributed by atoms with Crippen LogP contribution in [-0.4, -0.2) is 23.2 Å². The maximum atomic E-state index is 12.2. The lowest BCUT2D eigenvalue weighted by Crippen LogP contribution is -2.32. The second-order valence-corrected chi connectivity index (χ2v) is 6.24. The number of hydrogen-bond acceptors (Lipinski definition) is 4. The summed E-state index contributed by atoms with van der Waals surface area (Å²) < 4.78 is 0. The number of benzene rings is 1. The fourth-order valence-electron chi connectivity index (χ4n) is 2.66. The first kappa shape index (κ1) is 13.9. The van der Waals surface area contributed by atoms with E-state index in [-0.39, 0.29) is 0 Å². The summed E-state index contributed by atoms with van der Waals surface area (Å²) in [6.45, 7) is 6.44. The topological polar surface area (TPSA) is 50.3 Å². The van der Waals surface area contributed by atoms with E-state index in [4.69, 9.17) is 0 Å². The molecular formula is C16H16N2O2S. The highest BCUT2D eigenvalue weighted by atomic mass is 32.1. The van der Waals surface area contributed by atoms with Crippen molar-refractivity contribution in [3.05, 3.63) is 44.9 Å². The zero-order chi connectivity index (χ0) is 15.1. The third kappa shape index (κ3) is 2.17. The molecule has 1 amide bonds. The van der Waals surface area contributed by atoms with Gasteiger partial charge >= 0.3 is 0 Å². The number of aromatic nitrogens is 1. The van der Waals surface area contributed by atoms with E-state index in [1.165, 1.54) is 0 Å². The van der Waals surface area contributed by atoms with Crippen LogP contribution in [0.5, 0.6) is 0 Å². The molecule has 0 spiro atoms. The molecule has 2 heterocycles. The number of carbonyl (C=O) groups excluding carboxylic acids is 2. The molecule has 1 aromatic heterocycles. The van der Waals surface area contributed by atoms with Gasteiger partial charge in [0.25, 0.3) is 11.7 Å². The molecular weight excluding hydrogens is 284 g/mol. The lowest BCUT2D eigenvalue weighted by molar-refractivity contribution is -0.114. The van der Waals surface area contributed by atoms with Gasteiger partial charge in [0.1, 0.15) is 0 Å². The summed E-state index contributed by atoms with van der Waals surface area (Å²) in [4.78, 5) is 31.3. The largest absolute Gasteiger partial charge is 0.304 e. The van der Waals surface area contributed by atoms with E-state index in [1.54, 1.807) is 22.3 Å². The van der Waals surface area contributed by atoms with Crippen molar-refractivity contribution in [2.24, 2.45) is 0 Å². The second-order valence-electron chi connectivity index (χ2n) is 5.30. The highest BCUT2D eigenvalue weighted by molar-refractivity contribution is 7.09. The van der Waals surface area contributed by atoms with Crippen molar-refractivity contribution in [1.29, 1.82) is 0 Å². The molecule has 0 bridgehead atoms. The Morgan fingerprint density at radius 1 is 1.19 bits per heavy atom. The molecule has 21 heavy (non-hydrogen) atoms. The van der Waals surface area contributed by atoms with Gasteiger partial charge < -0.3 is 4.90 Å². The molecule has 0 aliphatic carbocycles. The highest BCUT2D eigenvalue weighted by Crippen LogP contribution is 2.34. The van der Waals surface area contributed by atoms with Gasteiger partial charge in [-0.05, 0) is 38.0 Å². The van der Waals surface area contributed by atoms with Gasteiger partial charge in [-0.15, -0.1) is 11.3 Å². The Morgan fingerprint density at radius 3 is 2.62 bits per heavy atom. The number of aryl methyl sites for hydroxylation is 2. The van der Waals surface area contributed by atoms with Crippen molar-refractivity contribution in [2.75, 3.05) is 11.4 Å². The number of fused-ring (bicyclic) bond motifs is 1. The fraction of sp³-hybridized carbons (Fsp3) is 0.312. The van der Waals surface area contributed by atoms with E-state index in [2.05, 4.69) is 4.98 Å². The Hall–Kier alpha value is -2.01. The Bertz CT molecular complexity index is 749. The zero-order valence-electron chi connectivity index (χ0n) is 12.3. The molecule has 5 heteroatoms. The quantitative estimate of drug-likeness (QED) is 0.819. The van der Waals surface area contributed by atoms with Gasteiger partial charge in [0.05, 0.1) is 22.5 Å². The van der Waals surface area contributed by atoms with E-state index in [1.807, 2.05) is 32.3 Å². The number of rotatable bonds is 3. The van der Waals surface area contributed by atoms with E-state index in [0.717, 1.165) is 33.8 Å². The Labute approximate surface area is 127 Å². The summed E-state index contributed by atoms with van der Waals surface area (Å²) in [5.74, 6) is -0.810. The first-order chi connectivity index (χ1) is 10.0. The number of thiazole rings is 1. The minimum absolute atomic E-state index is 0.394. The number of hydrogen-bond donors (Lipinski definition) is 0. The molecule has 0 radical (unpaired) electrons. The summed E-state index contributed by atoms with van der Waals surface area (Å²) >= 11 is 1.59. The van der Waals surface area contributed by atoms with E-state index >= 15 is 0 Å². The van der Waals surface area contributed by atoms with Gasteiger partial charge in [-0.3, -0.25) is 9.59 Å². The molecule has 0 N–H and O–H groups in total. The Balaban J connectivity index is 1.94. The maximum absolute atomic E-state index is 12.2. The molecule has 108 valence electrons. The number of carbonyl (C=O) groups is 2. The van der Waals surface area contributed by atoms with E-state index in [0.29, 0.717) is 12.1 Å². The predicted molar refractivity (Wildman–Crippen MR) is 83.2 cm³/mol. The van der Waals surface area contributed by atoms with Crippen molar-refractivity contribution >= 4 is 28.7 Å². The summed E-state index contributed by atoms with van der Waals surface area (Å²) in [7, 11) is 0. The van der Waals surface area contributed by atoms with Crippen molar-refractivity contribution in [3.8, 4) is 0 Å². The van der Waals surface area contributed by atoms with Crippen LogP contribution in [0, 0.1) is 20.8 Å². The second kappa shape index (κ2) is 5.07. The van der Waals surface area contributed by atoms with Crippen LogP contribution in [0.2, 0.25) is 0 Å². The fourth-order valence-corrected chi connectivity index (χ4v) is 3.43. The van der Waals surface area contributed by atoms with Crippen molar-refractivity contribution in [2.45, 2.75) is 27.2 Å². The first-order valence-electron chi connectivity index (χ1n) is 6.86. The van der Waals surface area contributed by atoms with E-state index in [9.17, 15) is 9.59 Å². The summed E-state index contributed by atoms with van der Waals surface area (Å²) in [5, 5.41) is 0. The molecule has 1 aromatic carbocycles. The van der Waals surface area contributed by atoms with Crippen LogP contribution in [0.25, 0.3) is 0 Å². The normalized spacial score (nSPS) is 14.0. The molecule has 4 nitrogen and oxygen atoms in total. The van der Waals surface area contributed by atoms with Crippen molar-refractivity contribution < 1.29 is 9.59 Å². The number of Topliss-reactive ketones (excluding diaryl/α,β-unsaturated/α-hetero) is 1.